The number of halogens is 1. The van der Waals surface area contributed by atoms with Gasteiger partial charge in [-0.25, -0.2) is 12.8 Å². The van der Waals surface area contributed by atoms with Crippen molar-refractivity contribution in [3.8, 4) is 0 Å². The highest BCUT2D eigenvalue weighted by Gasteiger charge is 2.31. The van der Waals surface area contributed by atoms with Crippen LogP contribution in [0.5, 0.6) is 0 Å². The van der Waals surface area contributed by atoms with Crippen molar-refractivity contribution in [3.63, 3.8) is 0 Å². The third kappa shape index (κ3) is 4.06. The molecule has 2 aromatic rings. The third-order valence-corrected chi connectivity index (χ3v) is 5.25. The van der Waals surface area contributed by atoms with E-state index in [0.717, 1.165) is 0 Å². The summed E-state index contributed by atoms with van der Waals surface area (Å²) < 4.78 is 44.4. The van der Waals surface area contributed by atoms with Gasteiger partial charge in [-0.05, 0) is 48.5 Å². The summed E-state index contributed by atoms with van der Waals surface area (Å²) in [5.74, 6) is -1.50. The maximum Gasteiger partial charge on any atom is 0.324 e. The highest BCUT2D eigenvalue weighted by molar-refractivity contribution is 7.89. The van der Waals surface area contributed by atoms with E-state index in [2.05, 4.69) is 10.0 Å². The molecule has 0 unspecified atom stereocenters. The molecule has 0 bridgehead atoms. The van der Waals surface area contributed by atoms with Crippen LogP contribution in [0.4, 0.5) is 10.1 Å². The first-order valence-corrected chi connectivity index (χ1v) is 9.19. The van der Waals surface area contributed by atoms with Crippen molar-refractivity contribution in [2.24, 2.45) is 0 Å². The van der Waals surface area contributed by atoms with Crippen LogP contribution in [0.1, 0.15) is 16.8 Å². The molecular weight excluding hydrogens is 363 g/mol. The summed E-state index contributed by atoms with van der Waals surface area (Å²) in [5.41, 5.74) is 0.642. The maximum absolute atomic E-state index is 12.9. The number of ether oxygens (including phenoxy) is 1. The minimum Gasteiger partial charge on any atom is -0.464 e. The summed E-state index contributed by atoms with van der Waals surface area (Å²) in [5, 5.41) is 2.59. The molecule has 1 saturated heterocycles. The zero-order valence-corrected chi connectivity index (χ0v) is 14.3. The fraction of sp³-hybridized carbons (Fsp3) is 0.176. The highest BCUT2D eigenvalue weighted by Crippen LogP contribution is 2.17. The summed E-state index contributed by atoms with van der Waals surface area (Å²) in [7, 11) is -3.88. The molecule has 7 nitrogen and oxygen atoms in total. The molecule has 1 heterocycles. The van der Waals surface area contributed by atoms with Gasteiger partial charge in [0.1, 0.15) is 11.9 Å². The van der Waals surface area contributed by atoms with Gasteiger partial charge >= 0.3 is 5.97 Å². The fourth-order valence-corrected chi connectivity index (χ4v) is 3.60. The molecule has 2 aromatic carbocycles. The first-order valence-electron chi connectivity index (χ1n) is 7.71. The lowest BCUT2D eigenvalue weighted by molar-refractivity contribution is -0.139. The summed E-state index contributed by atoms with van der Waals surface area (Å²) in [6.07, 6.45) is 0.282. The Bertz CT molecular complexity index is 927. The molecule has 9 heteroatoms. The molecule has 26 heavy (non-hydrogen) atoms. The molecule has 0 spiro atoms. The molecule has 3 rings (SSSR count). The van der Waals surface area contributed by atoms with E-state index < -0.39 is 33.8 Å². The molecule has 1 fully saturated rings. The van der Waals surface area contributed by atoms with Crippen LogP contribution >= 0.6 is 0 Å². The van der Waals surface area contributed by atoms with Crippen LogP contribution in [0.3, 0.4) is 0 Å². The van der Waals surface area contributed by atoms with Crippen LogP contribution in [0.2, 0.25) is 0 Å². The van der Waals surface area contributed by atoms with Crippen LogP contribution in [0.15, 0.2) is 53.4 Å². The van der Waals surface area contributed by atoms with E-state index in [4.69, 9.17) is 4.74 Å². The van der Waals surface area contributed by atoms with Crippen molar-refractivity contribution in [1.82, 2.24) is 4.72 Å². The van der Waals surface area contributed by atoms with Crippen LogP contribution < -0.4 is 10.0 Å². The maximum atomic E-state index is 12.9. The topological polar surface area (TPSA) is 102 Å². The van der Waals surface area contributed by atoms with Crippen LogP contribution in [-0.2, 0) is 19.6 Å². The number of carbonyl (C=O) groups is 2. The number of benzene rings is 2. The molecule has 0 aliphatic carbocycles. The van der Waals surface area contributed by atoms with Gasteiger partial charge in [0.2, 0.25) is 10.0 Å². The molecule has 1 aliphatic heterocycles. The lowest BCUT2D eigenvalue weighted by Crippen LogP contribution is -2.37. The molecule has 1 aliphatic rings. The standard InChI is InChI=1S/C17H15FN2O5S/c18-12-3-1-11(2-4-12)16(21)19-13-5-7-14(8-6-13)26(23,24)20-15-9-10-25-17(15)22/h1-8,15,20H,9-10H2,(H,19,21)/t15-/m0/s1. The number of esters is 1. The number of carbonyl (C=O) groups excluding carboxylic acids is 2. The van der Waals surface area contributed by atoms with Crippen molar-refractivity contribution in [3.05, 3.63) is 59.9 Å². The Hall–Kier alpha value is -2.78. The van der Waals surface area contributed by atoms with Gasteiger partial charge in [0.05, 0.1) is 11.5 Å². The molecule has 136 valence electrons. The summed E-state index contributed by atoms with van der Waals surface area (Å²) in [4.78, 5) is 23.4. The Morgan fingerprint density at radius 3 is 2.31 bits per heavy atom. The Kier molecular flexibility index (Phi) is 5.01. The number of nitrogens with one attached hydrogen (secondary N) is 2. The van der Waals surface area contributed by atoms with Crippen LogP contribution in [0, 0.1) is 5.82 Å². The Balaban J connectivity index is 1.68. The molecule has 0 aromatic heterocycles. The van der Waals surface area contributed by atoms with E-state index >= 15 is 0 Å². The normalized spacial score (nSPS) is 17.0. The second-order valence-corrected chi connectivity index (χ2v) is 7.33. The number of rotatable bonds is 5. The number of hydrogen-bond donors (Lipinski definition) is 2. The van der Waals surface area contributed by atoms with Gasteiger partial charge in [0.25, 0.3) is 5.91 Å². The van der Waals surface area contributed by atoms with Crippen molar-refractivity contribution in [1.29, 1.82) is 0 Å². The largest absolute Gasteiger partial charge is 0.464 e. The quantitative estimate of drug-likeness (QED) is 0.771. The van der Waals surface area contributed by atoms with Gasteiger partial charge < -0.3 is 10.1 Å². The summed E-state index contributed by atoms with van der Waals surface area (Å²) in [6.45, 7) is 0.181. The zero-order valence-electron chi connectivity index (χ0n) is 13.4. The minimum atomic E-state index is -3.88. The predicted octanol–water partition coefficient (Wildman–Crippen LogP) is 1.67. The monoisotopic (exact) mass is 378 g/mol. The van der Waals surface area contributed by atoms with Crippen molar-refractivity contribution < 1.29 is 27.1 Å². The van der Waals surface area contributed by atoms with E-state index in [9.17, 15) is 22.4 Å². The van der Waals surface area contributed by atoms with Gasteiger partial charge in [-0.2, -0.15) is 4.72 Å². The lowest BCUT2D eigenvalue weighted by atomic mass is 10.2. The Morgan fingerprint density at radius 1 is 1.08 bits per heavy atom. The molecular formula is C17H15FN2O5S. The predicted molar refractivity (Wildman–Crippen MR) is 90.5 cm³/mol. The van der Waals surface area contributed by atoms with E-state index in [1.54, 1.807) is 0 Å². The molecule has 0 radical (unpaired) electrons. The van der Waals surface area contributed by atoms with Crippen molar-refractivity contribution in [2.45, 2.75) is 17.4 Å². The Morgan fingerprint density at radius 2 is 1.73 bits per heavy atom. The third-order valence-electron chi connectivity index (χ3n) is 3.76. The van der Waals surface area contributed by atoms with Crippen LogP contribution in [0.25, 0.3) is 0 Å². The van der Waals surface area contributed by atoms with E-state index in [1.165, 1.54) is 48.5 Å². The van der Waals surface area contributed by atoms with E-state index in [1.807, 2.05) is 0 Å². The molecule has 1 amide bonds. The number of cyclic esters (lactones) is 1. The number of sulfonamides is 1. The number of hydrogen-bond acceptors (Lipinski definition) is 5. The average molecular weight is 378 g/mol. The SMILES string of the molecule is O=C(Nc1ccc(S(=O)(=O)N[C@H]2CCOC2=O)cc1)c1ccc(F)cc1. The molecule has 2 N–H and O–H groups in total. The number of amides is 1. The van der Waals surface area contributed by atoms with Crippen molar-refractivity contribution in [2.75, 3.05) is 11.9 Å². The van der Waals surface area contributed by atoms with Crippen LogP contribution in [-0.4, -0.2) is 32.9 Å². The summed E-state index contributed by atoms with van der Waals surface area (Å²) in [6, 6.07) is 9.59. The molecule has 0 saturated carbocycles. The van der Waals surface area contributed by atoms with Gasteiger partial charge in [-0.1, -0.05) is 0 Å². The number of anilines is 1. The average Bonchev–Trinajstić information content (AvgIpc) is 3.00. The highest BCUT2D eigenvalue weighted by atomic mass is 32.2. The lowest BCUT2D eigenvalue weighted by Gasteiger charge is -2.11. The smallest absolute Gasteiger partial charge is 0.324 e. The minimum absolute atomic E-state index is 0.0445. The van der Waals surface area contributed by atoms with Gasteiger partial charge in [-0.15, -0.1) is 0 Å². The zero-order chi connectivity index (χ0) is 18.7. The van der Waals surface area contributed by atoms with Crippen molar-refractivity contribution >= 4 is 27.6 Å². The van der Waals surface area contributed by atoms with Gasteiger partial charge in [0.15, 0.2) is 0 Å². The van der Waals surface area contributed by atoms with Gasteiger partial charge in [0, 0.05) is 17.7 Å². The summed E-state index contributed by atoms with van der Waals surface area (Å²) >= 11 is 0. The second kappa shape index (κ2) is 7.22. The molecule has 1 atom stereocenters. The fourth-order valence-electron chi connectivity index (χ4n) is 2.38. The van der Waals surface area contributed by atoms with Gasteiger partial charge in [-0.3, -0.25) is 9.59 Å². The second-order valence-electron chi connectivity index (χ2n) is 5.62. The first kappa shape index (κ1) is 18.0. The Labute approximate surface area is 149 Å². The first-order chi connectivity index (χ1) is 12.3. The van der Waals surface area contributed by atoms with E-state index in [-0.39, 0.29) is 23.5 Å². The van der Waals surface area contributed by atoms with E-state index in [0.29, 0.717) is 5.69 Å².